The minimum Gasteiger partial charge on any atom is -0.393 e. The normalized spacial score (nSPS) is 23.7. The molecule has 2 rings (SSSR count). The highest BCUT2D eigenvalue weighted by Crippen LogP contribution is 2.49. The fourth-order valence-corrected chi connectivity index (χ4v) is 3.20. The molecular formula is C14H21NO2S. The van der Waals surface area contributed by atoms with Gasteiger partial charge >= 0.3 is 0 Å². The number of hydrogen-bond donors (Lipinski definition) is 2. The van der Waals surface area contributed by atoms with Gasteiger partial charge in [0.2, 0.25) is 5.91 Å². The van der Waals surface area contributed by atoms with Crippen molar-refractivity contribution in [3.05, 3.63) is 21.9 Å². The van der Waals surface area contributed by atoms with Gasteiger partial charge in [-0.15, -0.1) is 11.3 Å². The zero-order chi connectivity index (χ0) is 13.1. The molecule has 1 heterocycles. The fourth-order valence-electron chi connectivity index (χ4n) is 2.15. The van der Waals surface area contributed by atoms with Gasteiger partial charge in [0.25, 0.3) is 0 Å². The summed E-state index contributed by atoms with van der Waals surface area (Å²) in [6.07, 6.45) is 2.08. The van der Waals surface area contributed by atoms with Crippen LogP contribution in [-0.4, -0.2) is 23.7 Å². The number of amides is 1. The number of carbonyl (C=O) groups is 1. The summed E-state index contributed by atoms with van der Waals surface area (Å²) in [5.41, 5.74) is 0. The van der Waals surface area contributed by atoms with Crippen molar-refractivity contribution in [1.82, 2.24) is 5.32 Å². The Morgan fingerprint density at radius 2 is 2.39 bits per heavy atom. The molecule has 0 saturated heterocycles. The van der Waals surface area contributed by atoms with Crippen LogP contribution >= 0.6 is 11.3 Å². The molecule has 2 N–H and O–H groups in total. The van der Waals surface area contributed by atoms with E-state index >= 15 is 0 Å². The number of rotatable bonds is 6. The van der Waals surface area contributed by atoms with E-state index in [0.29, 0.717) is 18.9 Å². The van der Waals surface area contributed by atoms with Crippen LogP contribution in [-0.2, 0) is 4.79 Å². The number of nitrogens with one attached hydrogen (secondary N) is 1. The smallest absolute Gasteiger partial charge is 0.223 e. The molecule has 1 aromatic heterocycles. The summed E-state index contributed by atoms with van der Waals surface area (Å²) in [5.74, 6) is 0.732. The van der Waals surface area contributed by atoms with E-state index in [9.17, 15) is 9.90 Å². The Labute approximate surface area is 112 Å². The first kappa shape index (κ1) is 13.6. The highest BCUT2D eigenvalue weighted by molar-refractivity contribution is 7.12. The van der Waals surface area contributed by atoms with Crippen molar-refractivity contribution in [2.24, 2.45) is 5.92 Å². The molecule has 0 radical (unpaired) electrons. The summed E-state index contributed by atoms with van der Waals surface area (Å²) in [6.45, 7) is 4.63. The number of aliphatic hydroxyl groups is 1. The maximum atomic E-state index is 11.9. The van der Waals surface area contributed by atoms with E-state index in [1.807, 2.05) is 6.92 Å². The molecule has 3 unspecified atom stereocenters. The topological polar surface area (TPSA) is 49.3 Å². The van der Waals surface area contributed by atoms with Crippen molar-refractivity contribution in [1.29, 1.82) is 0 Å². The van der Waals surface area contributed by atoms with Crippen LogP contribution < -0.4 is 5.32 Å². The molecule has 4 heteroatoms. The summed E-state index contributed by atoms with van der Waals surface area (Å²) >= 11 is 1.79. The molecule has 3 atom stereocenters. The largest absolute Gasteiger partial charge is 0.393 e. The van der Waals surface area contributed by atoms with Gasteiger partial charge in [-0.2, -0.15) is 0 Å². The molecule has 1 saturated carbocycles. The summed E-state index contributed by atoms with van der Waals surface area (Å²) < 4.78 is 0. The summed E-state index contributed by atoms with van der Waals surface area (Å²) in [6, 6.07) is 4.25. The molecule has 18 heavy (non-hydrogen) atoms. The molecule has 0 bridgehead atoms. The molecule has 0 spiro atoms. The number of hydrogen-bond acceptors (Lipinski definition) is 3. The Hall–Kier alpha value is -0.870. The number of thiophene rings is 1. The molecule has 1 aliphatic carbocycles. The second-order valence-electron chi connectivity index (χ2n) is 5.04. The third kappa shape index (κ3) is 3.33. The Kier molecular flexibility index (Phi) is 4.40. The third-order valence-corrected chi connectivity index (χ3v) is 4.63. The van der Waals surface area contributed by atoms with Crippen molar-refractivity contribution in [2.45, 2.75) is 45.1 Å². The van der Waals surface area contributed by atoms with E-state index in [2.05, 4.69) is 24.4 Å². The molecule has 1 aliphatic rings. The maximum absolute atomic E-state index is 11.9. The van der Waals surface area contributed by atoms with Gasteiger partial charge in [0, 0.05) is 28.1 Å². The first-order valence-electron chi connectivity index (χ1n) is 6.64. The molecule has 0 aliphatic heterocycles. The SMILES string of the molecule is CCC(O)CCNC(=O)C1CC1c1ccc(C)s1. The minimum absolute atomic E-state index is 0.148. The van der Waals surface area contributed by atoms with E-state index in [1.54, 1.807) is 11.3 Å². The predicted octanol–water partition coefficient (Wildman–Crippen LogP) is 2.44. The van der Waals surface area contributed by atoms with Gasteiger partial charge in [-0.05, 0) is 38.3 Å². The summed E-state index contributed by atoms with van der Waals surface area (Å²) in [4.78, 5) is 14.5. The van der Waals surface area contributed by atoms with Crippen LogP contribution in [0.3, 0.4) is 0 Å². The van der Waals surface area contributed by atoms with Gasteiger partial charge in [-0.3, -0.25) is 4.79 Å². The lowest BCUT2D eigenvalue weighted by molar-refractivity contribution is -0.122. The lowest BCUT2D eigenvalue weighted by Crippen LogP contribution is -2.28. The number of aryl methyl sites for hydroxylation is 1. The van der Waals surface area contributed by atoms with Gasteiger partial charge in [0.1, 0.15) is 0 Å². The van der Waals surface area contributed by atoms with Crippen LogP contribution in [0.5, 0.6) is 0 Å². The van der Waals surface area contributed by atoms with Gasteiger partial charge in [-0.25, -0.2) is 0 Å². The lowest BCUT2D eigenvalue weighted by atomic mass is 10.2. The van der Waals surface area contributed by atoms with Crippen LogP contribution in [0, 0.1) is 12.8 Å². The molecule has 1 amide bonds. The quantitative estimate of drug-likeness (QED) is 0.831. The van der Waals surface area contributed by atoms with Crippen LogP contribution in [0.1, 0.15) is 41.9 Å². The zero-order valence-corrected chi connectivity index (χ0v) is 11.8. The Morgan fingerprint density at radius 3 is 3.00 bits per heavy atom. The zero-order valence-electron chi connectivity index (χ0n) is 11.0. The Balaban J connectivity index is 1.72. The number of aliphatic hydroxyl groups excluding tert-OH is 1. The highest BCUT2D eigenvalue weighted by Gasteiger charge is 2.44. The van der Waals surface area contributed by atoms with Gasteiger partial charge in [0.05, 0.1) is 6.10 Å². The summed E-state index contributed by atoms with van der Waals surface area (Å²) in [5, 5.41) is 12.3. The minimum atomic E-state index is -0.291. The van der Waals surface area contributed by atoms with Crippen LogP contribution in [0.15, 0.2) is 12.1 Å². The molecule has 0 aromatic carbocycles. The average Bonchev–Trinajstić information content (AvgIpc) is 3.05. The average molecular weight is 267 g/mol. The van der Waals surface area contributed by atoms with E-state index in [4.69, 9.17) is 0 Å². The lowest BCUT2D eigenvalue weighted by Gasteiger charge is -2.08. The molecule has 1 fully saturated rings. The van der Waals surface area contributed by atoms with Gasteiger partial charge < -0.3 is 10.4 Å². The van der Waals surface area contributed by atoms with Crippen molar-refractivity contribution in [3.63, 3.8) is 0 Å². The summed E-state index contributed by atoms with van der Waals surface area (Å²) in [7, 11) is 0. The van der Waals surface area contributed by atoms with Crippen molar-refractivity contribution in [3.8, 4) is 0 Å². The van der Waals surface area contributed by atoms with Gasteiger partial charge in [0.15, 0.2) is 0 Å². The van der Waals surface area contributed by atoms with Gasteiger partial charge in [-0.1, -0.05) is 6.92 Å². The van der Waals surface area contributed by atoms with E-state index in [0.717, 1.165) is 12.8 Å². The second-order valence-corrected chi connectivity index (χ2v) is 6.36. The first-order chi connectivity index (χ1) is 8.61. The first-order valence-corrected chi connectivity index (χ1v) is 7.45. The maximum Gasteiger partial charge on any atom is 0.223 e. The van der Waals surface area contributed by atoms with Crippen molar-refractivity contribution < 1.29 is 9.90 Å². The fraction of sp³-hybridized carbons (Fsp3) is 0.643. The van der Waals surface area contributed by atoms with E-state index in [-0.39, 0.29) is 17.9 Å². The van der Waals surface area contributed by atoms with Crippen LogP contribution in [0.25, 0.3) is 0 Å². The highest BCUT2D eigenvalue weighted by atomic mass is 32.1. The number of carbonyl (C=O) groups excluding carboxylic acids is 1. The molecule has 3 nitrogen and oxygen atoms in total. The van der Waals surface area contributed by atoms with E-state index < -0.39 is 0 Å². The molecule has 100 valence electrons. The van der Waals surface area contributed by atoms with Crippen molar-refractivity contribution >= 4 is 17.2 Å². The standard InChI is InChI=1S/C14H21NO2S/c1-3-10(16)6-7-15-14(17)12-8-11(12)13-5-4-9(2)18-13/h4-5,10-12,16H,3,6-8H2,1-2H3,(H,15,17). The Morgan fingerprint density at radius 1 is 1.61 bits per heavy atom. The predicted molar refractivity (Wildman–Crippen MR) is 73.8 cm³/mol. The molecule has 1 aromatic rings. The van der Waals surface area contributed by atoms with Crippen molar-refractivity contribution in [2.75, 3.05) is 6.54 Å². The van der Waals surface area contributed by atoms with E-state index in [1.165, 1.54) is 9.75 Å². The van der Waals surface area contributed by atoms with Crippen LogP contribution in [0.4, 0.5) is 0 Å². The Bertz CT molecular complexity index is 416. The second kappa shape index (κ2) is 5.85. The monoisotopic (exact) mass is 267 g/mol. The third-order valence-electron chi connectivity index (χ3n) is 3.50. The van der Waals surface area contributed by atoms with Crippen LogP contribution in [0.2, 0.25) is 0 Å². The molecular weight excluding hydrogens is 246 g/mol.